The average Bonchev–Trinajstić information content (AvgIpc) is 2.47. The fourth-order valence-corrected chi connectivity index (χ4v) is 3.09. The monoisotopic (exact) mass is 406 g/mol. The first kappa shape index (κ1) is 29.5. The summed E-state index contributed by atoms with van der Waals surface area (Å²) in [5, 5.41) is 10.4. The molecule has 0 bridgehead atoms. The molecule has 2 atom stereocenters. The molecule has 0 aromatic heterocycles. The van der Waals surface area contributed by atoms with E-state index in [1.807, 2.05) is 0 Å². The molecule has 24 heavy (non-hydrogen) atoms. The Morgan fingerprint density at radius 3 is 1.92 bits per heavy atom. The lowest BCUT2D eigenvalue weighted by atomic mass is 9.73. The van der Waals surface area contributed by atoms with Crippen molar-refractivity contribution in [2.75, 3.05) is 59.4 Å². The van der Waals surface area contributed by atoms with E-state index in [1.54, 1.807) is 0 Å². The van der Waals surface area contributed by atoms with Crippen LogP contribution in [0.2, 0.25) is 0 Å². The molecular weight excluding hydrogens is 367 g/mol. The molecule has 1 fully saturated rings. The zero-order chi connectivity index (χ0) is 15.3. The van der Waals surface area contributed by atoms with Crippen molar-refractivity contribution >= 4 is 0 Å². The van der Waals surface area contributed by atoms with Crippen molar-refractivity contribution in [3.63, 3.8) is 0 Å². The van der Waals surface area contributed by atoms with Crippen LogP contribution in [-0.2, 0) is 0 Å². The molecule has 1 aliphatic rings. The topological polar surface area (TPSA) is 39.3 Å². The van der Waals surface area contributed by atoms with Crippen LogP contribution in [0.25, 0.3) is 0 Å². The van der Waals surface area contributed by atoms with Gasteiger partial charge in [0.05, 0.1) is 0 Å². The molecule has 0 aliphatic heterocycles. The average molecular weight is 408 g/mol. The van der Waals surface area contributed by atoms with Crippen LogP contribution in [0.15, 0.2) is 0 Å². The van der Waals surface area contributed by atoms with Crippen molar-refractivity contribution in [2.24, 2.45) is 11.8 Å². The molecule has 1 aliphatic carbocycles. The lowest BCUT2D eigenvalue weighted by Gasteiger charge is -2.39. The number of halogens is 3. The van der Waals surface area contributed by atoms with Crippen LogP contribution >= 0.6 is 0 Å². The molecule has 1 rings (SSSR count). The number of nitrogens with one attached hydrogen (secondary N) is 3. The number of nitrogens with zero attached hydrogens (tertiary/aromatic N) is 1. The molecule has 0 radical (unpaired) electrons. The predicted octanol–water partition coefficient (Wildman–Crippen LogP) is -7.12. The smallest absolute Gasteiger partial charge is 1.00 e. The van der Waals surface area contributed by atoms with E-state index < -0.39 is 0 Å². The van der Waals surface area contributed by atoms with Gasteiger partial charge < -0.3 is 58.1 Å². The normalized spacial score (nSPS) is 19.0. The summed E-state index contributed by atoms with van der Waals surface area (Å²) in [4.78, 5) is 2.53. The highest BCUT2D eigenvalue weighted by atomic mass is 35.5. The van der Waals surface area contributed by atoms with E-state index in [-0.39, 0.29) is 41.5 Å². The van der Waals surface area contributed by atoms with E-state index in [2.05, 4.69) is 41.7 Å². The fourth-order valence-electron chi connectivity index (χ4n) is 3.09. The Kier molecular flexibility index (Phi) is 24.6. The summed E-state index contributed by atoms with van der Waals surface area (Å²) in [6.45, 7) is 13.7. The van der Waals surface area contributed by atoms with Gasteiger partial charge in [-0.15, -0.1) is 0 Å². The van der Waals surface area contributed by atoms with Crippen molar-refractivity contribution in [2.45, 2.75) is 39.5 Å². The van der Waals surface area contributed by atoms with E-state index >= 15 is 0 Å². The van der Waals surface area contributed by atoms with Gasteiger partial charge in [0.15, 0.2) is 0 Å². The summed E-state index contributed by atoms with van der Waals surface area (Å²) < 4.78 is 0. The summed E-state index contributed by atoms with van der Waals surface area (Å²) in [5.74, 6) is 1.84. The largest absolute Gasteiger partial charge is 1.00 e. The van der Waals surface area contributed by atoms with Gasteiger partial charge in [-0.05, 0) is 90.4 Å². The summed E-state index contributed by atoms with van der Waals surface area (Å²) in [6, 6.07) is 0. The van der Waals surface area contributed by atoms with Crippen molar-refractivity contribution in [3.05, 3.63) is 0 Å². The van der Waals surface area contributed by atoms with Gasteiger partial charge in [-0.2, -0.15) is 0 Å². The molecular formula is C17H41Cl3N4. The van der Waals surface area contributed by atoms with Crippen LogP contribution in [0.3, 0.4) is 0 Å². The maximum Gasteiger partial charge on any atom is 1.00 e. The summed E-state index contributed by atoms with van der Waals surface area (Å²) in [6.07, 6.45) is 5.37. The third-order valence-electron chi connectivity index (χ3n) is 4.63. The van der Waals surface area contributed by atoms with Crippen LogP contribution in [0.1, 0.15) is 43.8 Å². The molecule has 0 aromatic carbocycles. The van der Waals surface area contributed by atoms with E-state index in [0.717, 1.165) is 44.6 Å². The Labute approximate surface area is 173 Å². The summed E-state index contributed by atoms with van der Waals surface area (Å²) >= 11 is 0. The maximum atomic E-state index is 3.64. The second-order valence-electron chi connectivity index (χ2n) is 6.48. The molecule has 0 heterocycles. The minimum absolute atomic E-state index is 0. The Morgan fingerprint density at radius 2 is 1.38 bits per heavy atom. The van der Waals surface area contributed by atoms with E-state index in [0.29, 0.717) is 0 Å². The highest BCUT2D eigenvalue weighted by molar-refractivity contribution is 4.84. The van der Waals surface area contributed by atoms with Gasteiger partial charge in [0.2, 0.25) is 0 Å². The maximum absolute atomic E-state index is 3.64. The van der Waals surface area contributed by atoms with Crippen LogP contribution in [0.4, 0.5) is 0 Å². The first-order valence-electron chi connectivity index (χ1n) is 9.08. The Balaban J connectivity index is -0.000000184. The summed E-state index contributed by atoms with van der Waals surface area (Å²) in [7, 11) is 2.28. The SMILES string of the molecule is CCNCCCNCC1CCC1CN(C)CCCNCC.[Cl-].[Cl-].[Cl-].[H+].[H+].[H+]. The van der Waals surface area contributed by atoms with Gasteiger partial charge in [-0.25, -0.2) is 0 Å². The molecule has 0 spiro atoms. The lowest BCUT2D eigenvalue weighted by molar-refractivity contribution is -0.00100. The van der Waals surface area contributed by atoms with Crippen LogP contribution in [-0.4, -0.2) is 64.3 Å². The van der Waals surface area contributed by atoms with Crippen LogP contribution < -0.4 is 53.2 Å². The quantitative estimate of drug-likeness (QED) is 0.250. The predicted molar refractivity (Wildman–Crippen MR) is 96.2 cm³/mol. The van der Waals surface area contributed by atoms with E-state index in [4.69, 9.17) is 0 Å². The number of hydrogen-bond donors (Lipinski definition) is 3. The minimum atomic E-state index is 0. The Hall–Kier alpha value is 0.710. The van der Waals surface area contributed by atoms with Gasteiger partial charge in [0.1, 0.15) is 0 Å². The molecule has 2 unspecified atom stereocenters. The number of rotatable bonds is 14. The minimum Gasteiger partial charge on any atom is -1.00 e. The van der Waals surface area contributed by atoms with E-state index in [9.17, 15) is 0 Å². The van der Waals surface area contributed by atoms with Gasteiger partial charge in [0.25, 0.3) is 0 Å². The van der Waals surface area contributed by atoms with Gasteiger partial charge >= 0.3 is 4.28 Å². The molecule has 3 N–H and O–H groups in total. The van der Waals surface area contributed by atoms with Crippen LogP contribution in [0, 0.1) is 11.8 Å². The highest BCUT2D eigenvalue weighted by Gasteiger charge is 2.30. The molecule has 4 nitrogen and oxygen atoms in total. The molecule has 1 saturated carbocycles. The van der Waals surface area contributed by atoms with Gasteiger partial charge in [0, 0.05) is 6.54 Å². The third-order valence-corrected chi connectivity index (χ3v) is 4.63. The summed E-state index contributed by atoms with van der Waals surface area (Å²) in [5.41, 5.74) is 0. The fraction of sp³-hybridized carbons (Fsp3) is 1.00. The van der Waals surface area contributed by atoms with Crippen LogP contribution in [0.5, 0.6) is 0 Å². The zero-order valence-electron chi connectivity index (χ0n) is 18.7. The zero-order valence-corrected chi connectivity index (χ0v) is 18.0. The first-order valence-corrected chi connectivity index (χ1v) is 9.08. The first-order chi connectivity index (χ1) is 10.3. The Bertz CT molecular complexity index is 261. The third kappa shape index (κ3) is 13.9. The van der Waals surface area contributed by atoms with Crippen molar-refractivity contribution in [1.82, 2.24) is 20.9 Å². The van der Waals surface area contributed by atoms with Gasteiger partial charge in [-0.1, -0.05) is 13.8 Å². The van der Waals surface area contributed by atoms with Crippen molar-refractivity contribution < 1.29 is 41.5 Å². The molecule has 0 aromatic rings. The highest BCUT2D eigenvalue weighted by Crippen LogP contribution is 2.34. The van der Waals surface area contributed by atoms with E-state index in [1.165, 1.54) is 45.3 Å². The van der Waals surface area contributed by atoms with Gasteiger partial charge in [-0.3, -0.25) is 0 Å². The molecule has 0 amide bonds. The number of hydrogen-bond acceptors (Lipinski definition) is 4. The molecule has 150 valence electrons. The van der Waals surface area contributed by atoms with Crippen molar-refractivity contribution in [3.8, 4) is 0 Å². The second-order valence-corrected chi connectivity index (χ2v) is 6.48. The standard InChI is InChI=1S/C17H38N4.3ClH/c1-4-18-10-6-11-20-14-16-8-9-17(16)15-21(3)13-7-12-19-5-2;;;/h16-20H,4-15H2,1-3H3;3*1H. The second kappa shape index (κ2) is 20.0. The Morgan fingerprint density at radius 1 is 0.833 bits per heavy atom. The lowest BCUT2D eigenvalue weighted by Crippen LogP contribution is -3.00. The molecule has 0 saturated heterocycles. The molecule has 7 heteroatoms. The van der Waals surface area contributed by atoms with Crippen molar-refractivity contribution in [1.29, 1.82) is 0 Å².